The van der Waals surface area contributed by atoms with Gasteiger partial charge in [-0.15, -0.1) is 0 Å². The fourth-order valence-corrected chi connectivity index (χ4v) is 3.73. The van der Waals surface area contributed by atoms with E-state index in [2.05, 4.69) is 30.8 Å². The third-order valence-electron chi connectivity index (χ3n) is 4.35. The van der Waals surface area contributed by atoms with Crippen molar-refractivity contribution in [1.29, 1.82) is 0 Å². The van der Waals surface area contributed by atoms with E-state index in [4.69, 9.17) is 0 Å². The number of anilines is 1. The second kappa shape index (κ2) is 5.55. The molecule has 1 aliphatic heterocycles. The highest BCUT2D eigenvalue weighted by Gasteiger charge is 2.34. The minimum absolute atomic E-state index is 0.697. The van der Waals surface area contributed by atoms with Gasteiger partial charge in [0.05, 0.1) is 0 Å². The second-order valence-corrected chi connectivity index (χ2v) is 6.03. The van der Waals surface area contributed by atoms with Crippen LogP contribution in [0.2, 0.25) is 0 Å². The highest BCUT2D eigenvalue weighted by molar-refractivity contribution is 9.08. The molecule has 0 bridgehead atoms. The van der Waals surface area contributed by atoms with Crippen molar-refractivity contribution in [3.63, 3.8) is 0 Å². The summed E-state index contributed by atoms with van der Waals surface area (Å²) in [5.41, 5.74) is 1.15. The van der Waals surface area contributed by atoms with E-state index in [9.17, 15) is 0 Å². The predicted molar refractivity (Wildman–Crippen MR) is 77.0 cm³/mol. The lowest BCUT2D eigenvalue weighted by Crippen LogP contribution is -2.47. The Balaban J connectivity index is 1.80. The Hall–Kier alpha value is -0.640. The summed E-state index contributed by atoms with van der Waals surface area (Å²) in [6.07, 6.45) is 12.1. The first kappa shape index (κ1) is 12.4. The van der Waals surface area contributed by atoms with E-state index in [1.165, 1.54) is 38.5 Å². The summed E-state index contributed by atoms with van der Waals surface area (Å²) in [6, 6.07) is 0.697. The van der Waals surface area contributed by atoms with Gasteiger partial charge in [0, 0.05) is 30.3 Å². The molecule has 0 N–H and O–H groups in total. The molecule has 1 aromatic heterocycles. The van der Waals surface area contributed by atoms with Crippen molar-refractivity contribution in [2.75, 3.05) is 11.4 Å². The summed E-state index contributed by atoms with van der Waals surface area (Å²) in [4.78, 5) is 11.6. The molecular weight excluding hydrogens is 290 g/mol. The monoisotopic (exact) mass is 309 g/mol. The minimum Gasteiger partial charge on any atom is -0.338 e. The van der Waals surface area contributed by atoms with Gasteiger partial charge in [-0.2, -0.15) is 0 Å². The van der Waals surface area contributed by atoms with Gasteiger partial charge >= 0.3 is 0 Å². The molecule has 98 valence electrons. The van der Waals surface area contributed by atoms with Crippen LogP contribution < -0.4 is 4.90 Å². The molecule has 0 amide bonds. The molecule has 2 aliphatic rings. The van der Waals surface area contributed by atoms with Crippen molar-refractivity contribution in [2.24, 2.45) is 5.92 Å². The van der Waals surface area contributed by atoms with E-state index < -0.39 is 0 Å². The number of rotatable bonds is 2. The maximum atomic E-state index is 4.55. The Morgan fingerprint density at radius 2 is 1.83 bits per heavy atom. The first-order valence-electron chi connectivity index (χ1n) is 7.02. The zero-order chi connectivity index (χ0) is 12.4. The Morgan fingerprint density at radius 1 is 1.11 bits per heavy atom. The highest BCUT2D eigenvalue weighted by atomic mass is 79.9. The number of aromatic nitrogens is 2. The molecule has 1 saturated heterocycles. The molecule has 4 heteroatoms. The van der Waals surface area contributed by atoms with E-state index >= 15 is 0 Å². The summed E-state index contributed by atoms with van der Waals surface area (Å²) < 4.78 is 0. The summed E-state index contributed by atoms with van der Waals surface area (Å²) in [5.74, 6) is 1.82. The maximum Gasteiger partial charge on any atom is 0.225 e. The van der Waals surface area contributed by atoms with Crippen LogP contribution in [0.3, 0.4) is 0 Å². The van der Waals surface area contributed by atoms with E-state index in [-0.39, 0.29) is 0 Å². The molecule has 18 heavy (non-hydrogen) atoms. The number of alkyl halides is 1. The quantitative estimate of drug-likeness (QED) is 0.783. The molecule has 0 aromatic carbocycles. The van der Waals surface area contributed by atoms with Crippen LogP contribution in [0.25, 0.3) is 0 Å². The van der Waals surface area contributed by atoms with Gasteiger partial charge < -0.3 is 4.90 Å². The van der Waals surface area contributed by atoms with Crippen LogP contribution in [-0.4, -0.2) is 22.6 Å². The Morgan fingerprint density at radius 3 is 2.61 bits per heavy atom. The van der Waals surface area contributed by atoms with Crippen LogP contribution in [0, 0.1) is 5.92 Å². The fourth-order valence-electron chi connectivity index (χ4n) is 3.44. The smallest absolute Gasteiger partial charge is 0.225 e. The first-order chi connectivity index (χ1) is 8.88. The number of nitrogens with zero attached hydrogens (tertiary/aromatic N) is 3. The summed E-state index contributed by atoms with van der Waals surface area (Å²) >= 11 is 3.44. The predicted octanol–water partition coefficient (Wildman–Crippen LogP) is 3.53. The molecule has 2 unspecified atom stereocenters. The van der Waals surface area contributed by atoms with Gasteiger partial charge in [0.1, 0.15) is 0 Å². The van der Waals surface area contributed by atoms with Crippen molar-refractivity contribution in [2.45, 2.75) is 49.9 Å². The van der Waals surface area contributed by atoms with Gasteiger partial charge in [-0.25, -0.2) is 9.97 Å². The van der Waals surface area contributed by atoms with E-state index in [0.717, 1.165) is 29.3 Å². The van der Waals surface area contributed by atoms with Gasteiger partial charge in [0.15, 0.2) is 0 Å². The molecule has 2 heterocycles. The molecule has 1 saturated carbocycles. The standard InChI is InChI=1S/C14H20BrN3/c15-8-11-9-16-14(17-10-11)18-7-3-5-12-4-1-2-6-13(12)18/h9-10,12-13H,1-8H2. The third kappa shape index (κ3) is 2.40. The largest absolute Gasteiger partial charge is 0.338 e. The van der Waals surface area contributed by atoms with Crippen molar-refractivity contribution in [3.05, 3.63) is 18.0 Å². The topological polar surface area (TPSA) is 29.0 Å². The number of fused-ring (bicyclic) bond motifs is 1. The number of hydrogen-bond donors (Lipinski definition) is 0. The van der Waals surface area contributed by atoms with E-state index in [1.54, 1.807) is 0 Å². The lowest BCUT2D eigenvalue weighted by atomic mass is 9.78. The average Bonchev–Trinajstić information content (AvgIpc) is 2.47. The van der Waals surface area contributed by atoms with Crippen LogP contribution in [0.5, 0.6) is 0 Å². The highest BCUT2D eigenvalue weighted by Crippen LogP contribution is 2.36. The van der Waals surface area contributed by atoms with Gasteiger partial charge in [-0.05, 0) is 37.2 Å². The third-order valence-corrected chi connectivity index (χ3v) is 4.99. The maximum absolute atomic E-state index is 4.55. The lowest BCUT2D eigenvalue weighted by molar-refractivity contribution is 0.241. The van der Waals surface area contributed by atoms with Crippen molar-refractivity contribution in [1.82, 2.24) is 9.97 Å². The number of piperidine rings is 1. The minimum atomic E-state index is 0.697. The SMILES string of the molecule is BrCc1cnc(N2CCCC3CCCCC32)nc1. The van der Waals surface area contributed by atoms with E-state index in [1.807, 2.05) is 12.4 Å². The van der Waals surface area contributed by atoms with Crippen molar-refractivity contribution in [3.8, 4) is 0 Å². The van der Waals surface area contributed by atoms with Gasteiger partial charge in [-0.1, -0.05) is 28.8 Å². The molecular formula is C14H20BrN3. The number of hydrogen-bond acceptors (Lipinski definition) is 3. The molecule has 0 spiro atoms. The molecule has 3 nitrogen and oxygen atoms in total. The molecule has 3 rings (SSSR count). The van der Waals surface area contributed by atoms with Crippen molar-refractivity contribution >= 4 is 21.9 Å². The molecule has 1 aliphatic carbocycles. The summed E-state index contributed by atoms with van der Waals surface area (Å²) in [7, 11) is 0. The van der Waals surface area contributed by atoms with Crippen LogP contribution in [0.15, 0.2) is 12.4 Å². The zero-order valence-electron chi connectivity index (χ0n) is 10.7. The average molecular weight is 310 g/mol. The van der Waals surface area contributed by atoms with Crippen LogP contribution in [0.4, 0.5) is 5.95 Å². The summed E-state index contributed by atoms with van der Waals surface area (Å²) in [6.45, 7) is 1.13. The molecule has 2 atom stereocenters. The number of halogens is 1. The van der Waals surface area contributed by atoms with Crippen LogP contribution >= 0.6 is 15.9 Å². The molecule has 1 aromatic rings. The lowest BCUT2D eigenvalue weighted by Gasteiger charge is -2.44. The Kier molecular flexibility index (Phi) is 3.83. The fraction of sp³-hybridized carbons (Fsp3) is 0.714. The summed E-state index contributed by atoms with van der Waals surface area (Å²) in [5, 5.41) is 0.833. The van der Waals surface area contributed by atoms with Gasteiger partial charge in [0.25, 0.3) is 0 Å². The Labute approximate surface area is 117 Å². The van der Waals surface area contributed by atoms with Gasteiger partial charge in [-0.3, -0.25) is 0 Å². The zero-order valence-corrected chi connectivity index (χ0v) is 12.3. The van der Waals surface area contributed by atoms with E-state index in [0.29, 0.717) is 6.04 Å². The second-order valence-electron chi connectivity index (χ2n) is 5.47. The van der Waals surface area contributed by atoms with Crippen molar-refractivity contribution < 1.29 is 0 Å². The molecule has 2 fully saturated rings. The Bertz CT molecular complexity index is 391. The van der Waals surface area contributed by atoms with Crippen LogP contribution in [-0.2, 0) is 5.33 Å². The van der Waals surface area contributed by atoms with Crippen LogP contribution in [0.1, 0.15) is 44.1 Å². The molecule has 0 radical (unpaired) electrons. The first-order valence-corrected chi connectivity index (χ1v) is 8.14. The van der Waals surface area contributed by atoms with Gasteiger partial charge in [0.2, 0.25) is 5.95 Å². The normalized spacial score (nSPS) is 27.9.